The zero-order valence-electron chi connectivity index (χ0n) is 19.3. The Morgan fingerprint density at radius 1 is 1.26 bits per heavy atom. The standard InChI is InChI=1S/C20H25F3N6O4S2/c1-4-9-29-13(5-2)8-7-12-10-14(15(11-16(12)29)28-35(31,32)20(21,22)23)24-26-19-27-25-17(34-19)18(30)33-6-3/h10-11,13,28H,4-9H2,1-3H3. The molecule has 2 heterocycles. The van der Waals surface area contributed by atoms with E-state index < -0.39 is 21.5 Å². The monoisotopic (exact) mass is 534 g/mol. The number of esters is 1. The summed E-state index contributed by atoms with van der Waals surface area (Å²) in [5.41, 5.74) is -4.52. The van der Waals surface area contributed by atoms with Crippen LogP contribution in [0.5, 0.6) is 0 Å². The first-order chi connectivity index (χ1) is 16.5. The minimum Gasteiger partial charge on any atom is -0.461 e. The molecule has 0 amide bonds. The maximum atomic E-state index is 13.1. The summed E-state index contributed by atoms with van der Waals surface area (Å²) >= 11 is 0.778. The lowest BCUT2D eigenvalue weighted by Crippen LogP contribution is -2.39. The van der Waals surface area contributed by atoms with Gasteiger partial charge in [-0.2, -0.15) is 21.6 Å². The molecule has 35 heavy (non-hydrogen) atoms. The Hall–Kier alpha value is -2.81. The van der Waals surface area contributed by atoms with Gasteiger partial charge < -0.3 is 9.64 Å². The SMILES string of the molecule is CCCN1c2cc(NS(=O)(=O)C(F)(F)F)c(N=Nc3nnc(C(=O)OCC)s3)cc2CCC1CC. The molecule has 1 atom stereocenters. The second kappa shape index (κ2) is 10.8. The molecule has 0 bridgehead atoms. The molecule has 1 aromatic carbocycles. The average Bonchev–Trinajstić information content (AvgIpc) is 3.27. The van der Waals surface area contributed by atoms with Crippen LogP contribution in [0.1, 0.15) is 55.4 Å². The van der Waals surface area contributed by atoms with Crippen LogP contribution in [-0.2, 0) is 21.2 Å². The Morgan fingerprint density at radius 2 is 2.00 bits per heavy atom. The average molecular weight is 535 g/mol. The molecule has 10 nitrogen and oxygen atoms in total. The van der Waals surface area contributed by atoms with Crippen molar-refractivity contribution in [1.29, 1.82) is 0 Å². The van der Waals surface area contributed by atoms with Crippen LogP contribution in [0, 0.1) is 0 Å². The Bertz CT molecular complexity index is 1200. The van der Waals surface area contributed by atoms with Crippen molar-refractivity contribution < 1.29 is 31.1 Å². The Kier molecular flexibility index (Phi) is 8.30. The molecule has 2 aromatic rings. The number of fused-ring (bicyclic) bond motifs is 1. The lowest BCUT2D eigenvalue weighted by molar-refractivity contribution is -0.0429. The van der Waals surface area contributed by atoms with Crippen LogP contribution in [0.4, 0.5) is 35.4 Å². The van der Waals surface area contributed by atoms with Crippen molar-refractivity contribution in [3.63, 3.8) is 0 Å². The molecular weight excluding hydrogens is 509 g/mol. The van der Waals surface area contributed by atoms with Gasteiger partial charge in [-0.05, 0) is 50.3 Å². The molecule has 1 unspecified atom stereocenters. The quantitative estimate of drug-likeness (QED) is 0.340. The van der Waals surface area contributed by atoms with Crippen LogP contribution in [0.25, 0.3) is 0 Å². The topological polar surface area (TPSA) is 126 Å². The summed E-state index contributed by atoms with van der Waals surface area (Å²) in [6.45, 7) is 6.45. The number of aryl methyl sites for hydroxylation is 1. The van der Waals surface area contributed by atoms with Gasteiger partial charge in [-0.1, -0.05) is 25.2 Å². The minimum absolute atomic E-state index is 0.0472. The van der Waals surface area contributed by atoms with Crippen LogP contribution >= 0.6 is 11.3 Å². The van der Waals surface area contributed by atoms with Crippen molar-refractivity contribution in [2.45, 2.75) is 58.0 Å². The van der Waals surface area contributed by atoms with E-state index in [0.29, 0.717) is 18.7 Å². The van der Waals surface area contributed by atoms with Crippen LogP contribution in [-0.4, -0.2) is 49.3 Å². The van der Waals surface area contributed by atoms with Gasteiger partial charge in [0.15, 0.2) is 0 Å². The van der Waals surface area contributed by atoms with Crippen LogP contribution < -0.4 is 9.62 Å². The van der Waals surface area contributed by atoms with Gasteiger partial charge in [0, 0.05) is 18.3 Å². The summed E-state index contributed by atoms with van der Waals surface area (Å²) in [7, 11) is -5.70. The van der Waals surface area contributed by atoms with E-state index in [1.165, 1.54) is 12.1 Å². The third-order valence-corrected chi connectivity index (χ3v) is 7.17. The normalized spacial score (nSPS) is 16.4. The first-order valence-electron chi connectivity index (χ1n) is 11.0. The lowest BCUT2D eigenvalue weighted by atomic mass is 9.93. The molecule has 192 valence electrons. The lowest BCUT2D eigenvalue weighted by Gasteiger charge is -2.39. The number of azo groups is 1. The highest BCUT2D eigenvalue weighted by Crippen LogP contribution is 2.41. The molecule has 0 radical (unpaired) electrons. The first kappa shape index (κ1) is 26.8. The van der Waals surface area contributed by atoms with Crippen molar-refractivity contribution in [2.75, 3.05) is 22.8 Å². The molecule has 0 aliphatic carbocycles. The summed E-state index contributed by atoms with van der Waals surface area (Å²) < 4.78 is 69.6. The van der Waals surface area contributed by atoms with Crippen molar-refractivity contribution >= 4 is 49.5 Å². The number of anilines is 2. The van der Waals surface area contributed by atoms with Crippen LogP contribution in [0.15, 0.2) is 22.4 Å². The fraction of sp³-hybridized carbons (Fsp3) is 0.550. The Labute approximate surface area is 204 Å². The Balaban J connectivity index is 2.04. The summed E-state index contributed by atoms with van der Waals surface area (Å²) in [5.74, 6) is -0.694. The van der Waals surface area contributed by atoms with E-state index >= 15 is 0 Å². The number of ether oxygens (including phenoxy) is 1. The van der Waals surface area contributed by atoms with Gasteiger partial charge in [0.2, 0.25) is 5.01 Å². The maximum Gasteiger partial charge on any atom is 0.516 e. The zero-order chi connectivity index (χ0) is 25.8. The maximum absolute atomic E-state index is 13.1. The highest BCUT2D eigenvalue weighted by atomic mass is 32.2. The molecule has 1 aromatic heterocycles. The van der Waals surface area contributed by atoms with Crippen molar-refractivity contribution in [2.24, 2.45) is 10.2 Å². The third-order valence-electron chi connectivity index (χ3n) is 5.29. The van der Waals surface area contributed by atoms with Gasteiger partial charge in [0.25, 0.3) is 5.13 Å². The number of halogens is 3. The van der Waals surface area contributed by atoms with E-state index in [1.54, 1.807) is 11.6 Å². The molecule has 0 fully saturated rings. The van der Waals surface area contributed by atoms with E-state index in [-0.39, 0.29) is 34.2 Å². The fourth-order valence-corrected chi connectivity index (χ4v) is 4.85. The van der Waals surface area contributed by atoms with Gasteiger partial charge >= 0.3 is 21.5 Å². The smallest absolute Gasteiger partial charge is 0.461 e. The van der Waals surface area contributed by atoms with Crippen LogP contribution in [0.2, 0.25) is 0 Å². The molecule has 3 rings (SSSR count). The molecule has 15 heteroatoms. The van der Waals surface area contributed by atoms with Gasteiger partial charge in [-0.25, -0.2) is 4.79 Å². The van der Waals surface area contributed by atoms with E-state index in [0.717, 1.165) is 36.2 Å². The summed E-state index contributed by atoms with van der Waals surface area (Å²) in [6, 6.07) is 3.08. The van der Waals surface area contributed by atoms with E-state index in [4.69, 9.17) is 4.74 Å². The predicted molar refractivity (Wildman–Crippen MR) is 125 cm³/mol. The summed E-state index contributed by atoms with van der Waals surface area (Å²) in [6.07, 6.45) is 3.13. The van der Waals surface area contributed by atoms with Crippen molar-refractivity contribution in [1.82, 2.24) is 10.2 Å². The number of alkyl halides is 3. The number of carbonyl (C=O) groups is 1. The number of hydrogen-bond donors (Lipinski definition) is 1. The number of sulfonamides is 1. The molecule has 1 aliphatic rings. The van der Waals surface area contributed by atoms with Gasteiger partial charge in [0.1, 0.15) is 5.69 Å². The number of benzene rings is 1. The summed E-state index contributed by atoms with van der Waals surface area (Å²) in [4.78, 5) is 13.8. The number of carbonyl (C=O) groups excluding carboxylic acids is 1. The van der Waals surface area contributed by atoms with Gasteiger partial charge in [-0.3, -0.25) is 4.72 Å². The van der Waals surface area contributed by atoms with E-state index in [9.17, 15) is 26.4 Å². The van der Waals surface area contributed by atoms with Crippen LogP contribution in [0.3, 0.4) is 0 Å². The van der Waals surface area contributed by atoms with E-state index in [1.807, 2.05) is 13.8 Å². The molecule has 1 N–H and O–H groups in total. The fourth-order valence-electron chi connectivity index (χ4n) is 3.73. The largest absolute Gasteiger partial charge is 0.516 e. The molecular formula is C20H25F3N6O4S2. The van der Waals surface area contributed by atoms with Crippen molar-refractivity contribution in [3.05, 3.63) is 22.7 Å². The number of nitrogens with one attached hydrogen (secondary N) is 1. The second-order valence-corrected chi connectivity index (χ2v) is 10.3. The highest BCUT2D eigenvalue weighted by Gasteiger charge is 2.46. The second-order valence-electron chi connectivity index (χ2n) is 7.65. The number of hydrogen-bond acceptors (Lipinski definition) is 10. The molecule has 1 aliphatic heterocycles. The molecule has 0 saturated heterocycles. The zero-order valence-corrected chi connectivity index (χ0v) is 20.9. The van der Waals surface area contributed by atoms with Crippen molar-refractivity contribution in [3.8, 4) is 0 Å². The Morgan fingerprint density at radius 3 is 2.63 bits per heavy atom. The number of aromatic nitrogens is 2. The van der Waals surface area contributed by atoms with Gasteiger partial charge in [0.05, 0.1) is 12.3 Å². The van der Waals surface area contributed by atoms with E-state index in [2.05, 4.69) is 25.3 Å². The number of rotatable bonds is 9. The minimum atomic E-state index is -5.70. The number of nitrogens with zero attached hydrogens (tertiary/aromatic N) is 5. The van der Waals surface area contributed by atoms with Gasteiger partial charge in [-0.15, -0.1) is 20.4 Å². The molecule has 0 spiro atoms. The molecule has 0 saturated carbocycles. The third kappa shape index (κ3) is 6.07. The predicted octanol–water partition coefficient (Wildman–Crippen LogP) is 5.33. The summed E-state index contributed by atoms with van der Waals surface area (Å²) in [5, 5.41) is 15.1. The highest BCUT2D eigenvalue weighted by molar-refractivity contribution is 7.93. The first-order valence-corrected chi connectivity index (χ1v) is 13.3.